The molecule has 0 amide bonds. The number of thioether (sulfide) groups is 1. The predicted octanol–water partition coefficient (Wildman–Crippen LogP) is 4.82. The zero-order valence-corrected chi connectivity index (χ0v) is 17.6. The van der Waals surface area contributed by atoms with E-state index in [9.17, 15) is 15.0 Å². The third-order valence-corrected chi connectivity index (χ3v) is 7.02. The Morgan fingerprint density at radius 3 is 2.72 bits per heavy atom. The largest absolute Gasteiger partial charge is 0.508 e. The Morgan fingerprint density at radius 2 is 2.00 bits per heavy atom. The summed E-state index contributed by atoms with van der Waals surface area (Å²) in [4.78, 5) is 13.8. The van der Waals surface area contributed by atoms with Crippen LogP contribution in [-0.2, 0) is 6.42 Å². The van der Waals surface area contributed by atoms with Gasteiger partial charge in [0, 0.05) is 23.4 Å². The molecule has 6 nitrogen and oxygen atoms in total. The fourth-order valence-corrected chi connectivity index (χ4v) is 5.37. The number of ketones is 1. The van der Waals surface area contributed by atoms with Crippen LogP contribution in [-0.4, -0.2) is 36.5 Å². The smallest absolute Gasteiger partial charge is 0.191 e. The van der Waals surface area contributed by atoms with Gasteiger partial charge in [-0.15, -0.1) is 21.5 Å². The summed E-state index contributed by atoms with van der Waals surface area (Å²) in [5.74, 6) is 0.624. The molecule has 1 aliphatic carbocycles. The average molecular weight is 430 g/mol. The number of hydrogen-bond donors (Lipinski definition) is 2. The first-order chi connectivity index (χ1) is 14.1. The molecule has 8 heteroatoms. The minimum Gasteiger partial charge on any atom is -0.508 e. The molecule has 4 rings (SSSR count). The molecule has 0 spiro atoms. The summed E-state index contributed by atoms with van der Waals surface area (Å²) < 4.78 is 2.23. The van der Waals surface area contributed by atoms with Crippen LogP contribution < -0.4 is 0 Å². The number of carbonyl (C=O) groups excluding carboxylic acids is 1. The van der Waals surface area contributed by atoms with Crippen molar-refractivity contribution in [2.45, 2.75) is 49.7 Å². The maximum Gasteiger partial charge on any atom is 0.191 e. The van der Waals surface area contributed by atoms with Gasteiger partial charge >= 0.3 is 0 Å². The molecule has 1 saturated carbocycles. The van der Waals surface area contributed by atoms with Crippen LogP contribution in [0.5, 0.6) is 11.5 Å². The Bertz CT molecular complexity index is 979. The Balaban J connectivity index is 1.54. The summed E-state index contributed by atoms with van der Waals surface area (Å²) in [5, 5.41) is 31.0. The molecule has 0 aliphatic heterocycles. The van der Waals surface area contributed by atoms with E-state index in [2.05, 4.69) is 26.2 Å². The fraction of sp³-hybridized carbons (Fsp3) is 0.381. The van der Waals surface area contributed by atoms with Gasteiger partial charge in [-0.1, -0.05) is 37.1 Å². The molecule has 2 aromatic heterocycles. The number of aromatic hydroxyl groups is 2. The summed E-state index contributed by atoms with van der Waals surface area (Å²) in [6.07, 6.45) is 6.62. The van der Waals surface area contributed by atoms with E-state index < -0.39 is 0 Å². The summed E-state index contributed by atoms with van der Waals surface area (Å²) in [7, 11) is 0. The van der Waals surface area contributed by atoms with Crippen molar-refractivity contribution in [1.29, 1.82) is 0 Å². The molecule has 0 atom stereocenters. The van der Waals surface area contributed by atoms with Crippen molar-refractivity contribution in [3.8, 4) is 11.5 Å². The first kappa shape index (κ1) is 20.0. The Hall–Kier alpha value is -2.32. The Labute approximate surface area is 177 Å². The third kappa shape index (κ3) is 4.64. The molecule has 1 fully saturated rings. The van der Waals surface area contributed by atoms with Crippen molar-refractivity contribution in [2.75, 3.05) is 5.75 Å². The third-order valence-electron chi connectivity index (χ3n) is 5.20. The molecule has 2 heterocycles. The number of rotatable bonds is 7. The Kier molecular flexibility index (Phi) is 6.20. The van der Waals surface area contributed by atoms with Crippen molar-refractivity contribution >= 4 is 28.9 Å². The summed E-state index contributed by atoms with van der Waals surface area (Å²) in [5.41, 5.74) is 0.206. The van der Waals surface area contributed by atoms with Gasteiger partial charge in [0.05, 0.1) is 11.3 Å². The second-order valence-electron chi connectivity index (χ2n) is 7.23. The highest BCUT2D eigenvalue weighted by molar-refractivity contribution is 7.99. The van der Waals surface area contributed by atoms with E-state index in [1.807, 2.05) is 6.07 Å². The number of phenolic OH excluding ortho intramolecular Hbond substituents is 2. The SMILES string of the molecule is O=C(CSc1nnc(Cc2cccs2)n1C1CCCCC1)c1ccc(O)cc1O. The number of thiophene rings is 1. The molecule has 0 unspecified atom stereocenters. The van der Waals surface area contributed by atoms with E-state index in [1.54, 1.807) is 11.3 Å². The first-order valence-corrected chi connectivity index (χ1v) is 11.6. The lowest BCUT2D eigenvalue weighted by molar-refractivity contribution is 0.102. The molecule has 0 saturated heterocycles. The van der Waals surface area contributed by atoms with Crippen molar-refractivity contribution in [3.05, 3.63) is 52.0 Å². The first-order valence-electron chi connectivity index (χ1n) is 9.76. The van der Waals surface area contributed by atoms with Crippen LogP contribution in [0.15, 0.2) is 40.9 Å². The van der Waals surface area contributed by atoms with E-state index in [0.29, 0.717) is 6.04 Å². The van der Waals surface area contributed by atoms with Gasteiger partial charge in [-0.3, -0.25) is 4.79 Å². The van der Waals surface area contributed by atoms with Gasteiger partial charge in [-0.2, -0.15) is 0 Å². The standard InChI is InChI=1S/C21H23N3O3S2/c25-15-8-9-17(18(26)11-15)19(27)13-29-21-23-22-20(12-16-7-4-10-28-16)24(21)14-5-2-1-3-6-14/h4,7-11,14,25-26H,1-3,5-6,12-13H2. The van der Waals surface area contributed by atoms with Gasteiger partial charge < -0.3 is 14.8 Å². The molecule has 0 bridgehead atoms. The average Bonchev–Trinajstić information content (AvgIpc) is 3.37. The molecule has 3 aromatic rings. The van der Waals surface area contributed by atoms with E-state index in [0.717, 1.165) is 30.2 Å². The highest BCUT2D eigenvalue weighted by Gasteiger charge is 2.24. The molecule has 1 aromatic carbocycles. The minimum atomic E-state index is -0.206. The van der Waals surface area contributed by atoms with Crippen LogP contribution in [0.25, 0.3) is 0 Å². The van der Waals surface area contributed by atoms with E-state index in [-0.39, 0.29) is 28.6 Å². The van der Waals surface area contributed by atoms with Crippen LogP contribution in [0, 0.1) is 0 Å². The van der Waals surface area contributed by atoms with Gasteiger partial charge in [0.2, 0.25) is 0 Å². The topological polar surface area (TPSA) is 88.2 Å². The van der Waals surface area contributed by atoms with Crippen molar-refractivity contribution < 1.29 is 15.0 Å². The van der Waals surface area contributed by atoms with Crippen molar-refractivity contribution in [3.63, 3.8) is 0 Å². The molecule has 0 radical (unpaired) electrons. The van der Waals surface area contributed by atoms with Crippen molar-refractivity contribution in [2.24, 2.45) is 0 Å². The molecule has 152 valence electrons. The van der Waals surface area contributed by atoms with E-state index in [1.165, 1.54) is 54.1 Å². The molecular weight excluding hydrogens is 406 g/mol. The second kappa shape index (κ2) is 9.00. The lowest BCUT2D eigenvalue weighted by Gasteiger charge is -2.25. The van der Waals surface area contributed by atoms with Gasteiger partial charge in [0.15, 0.2) is 10.9 Å². The maximum absolute atomic E-state index is 12.6. The fourth-order valence-electron chi connectivity index (χ4n) is 3.77. The quantitative estimate of drug-likeness (QED) is 0.413. The number of benzene rings is 1. The number of nitrogens with zero attached hydrogens (tertiary/aromatic N) is 3. The number of carbonyl (C=O) groups is 1. The minimum absolute atomic E-state index is 0.0676. The zero-order valence-electron chi connectivity index (χ0n) is 16.0. The van der Waals surface area contributed by atoms with Gasteiger partial charge in [0.1, 0.15) is 17.3 Å². The Morgan fingerprint density at radius 1 is 1.17 bits per heavy atom. The van der Waals surface area contributed by atoms with Crippen LogP contribution in [0.2, 0.25) is 0 Å². The normalized spacial score (nSPS) is 14.9. The monoisotopic (exact) mass is 429 g/mol. The van der Waals surface area contributed by atoms with Crippen LogP contribution >= 0.6 is 23.1 Å². The predicted molar refractivity (Wildman–Crippen MR) is 114 cm³/mol. The van der Waals surface area contributed by atoms with Crippen LogP contribution in [0.1, 0.15) is 59.2 Å². The van der Waals surface area contributed by atoms with Crippen LogP contribution in [0.3, 0.4) is 0 Å². The van der Waals surface area contributed by atoms with E-state index >= 15 is 0 Å². The molecule has 29 heavy (non-hydrogen) atoms. The van der Waals surface area contributed by atoms with Gasteiger partial charge in [0.25, 0.3) is 0 Å². The summed E-state index contributed by atoms with van der Waals surface area (Å²) >= 11 is 3.07. The number of phenols is 2. The zero-order chi connectivity index (χ0) is 20.2. The molecule has 2 N–H and O–H groups in total. The van der Waals surface area contributed by atoms with Crippen LogP contribution in [0.4, 0.5) is 0 Å². The number of hydrogen-bond acceptors (Lipinski definition) is 7. The van der Waals surface area contributed by atoms with Crippen molar-refractivity contribution in [1.82, 2.24) is 14.8 Å². The lowest BCUT2D eigenvalue weighted by atomic mass is 9.95. The summed E-state index contributed by atoms with van der Waals surface area (Å²) in [6, 6.07) is 8.55. The highest BCUT2D eigenvalue weighted by Crippen LogP contribution is 2.34. The summed E-state index contributed by atoms with van der Waals surface area (Å²) in [6.45, 7) is 0. The number of aromatic nitrogens is 3. The highest BCUT2D eigenvalue weighted by atomic mass is 32.2. The second-order valence-corrected chi connectivity index (χ2v) is 9.20. The number of Topliss-reactive ketones (excluding diaryl/α,β-unsaturated/α-hetero) is 1. The van der Waals surface area contributed by atoms with E-state index in [4.69, 9.17) is 0 Å². The maximum atomic E-state index is 12.6. The molecule has 1 aliphatic rings. The lowest BCUT2D eigenvalue weighted by Crippen LogP contribution is -2.17. The van der Waals surface area contributed by atoms with Gasteiger partial charge in [-0.25, -0.2) is 0 Å². The van der Waals surface area contributed by atoms with Gasteiger partial charge in [-0.05, 0) is 36.4 Å². The molecular formula is C21H23N3O3S2.